The Morgan fingerprint density at radius 1 is 0.969 bits per heavy atom. The summed E-state index contributed by atoms with van der Waals surface area (Å²) < 4.78 is 0. The smallest absolute Gasteiger partial charge is 0.159 e. The number of ketones is 1. The van der Waals surface area contributed by atoms with E-state index >= 15 is 0 Å². The minimum Gasteiger partial charge on any atom is -0.393 e. The highest BCUT2D eigenvalue weighted by molar-refractivity contribution is 6.00. The van der Waals surface area contributed by atoms with Gasteiger partial charge in [-0.1, -0.05) is 54.0 Å². The maximum Gasteiger partial charge on any atom is 0.159 e. The summed E-state index contributed by atoms with van der Waals surface area (Å²) in [6.07, 6.45) is 11.7. The molecular formula is C30H48O2. The molecule has 0 radical (unpaired) electrons. The van der Waals surface area contributed by atoms with Crippen LogP contribution in [0.15, 0.2) is 11.1 Å². The van der Waals surface area contributed by atoms with Gasteiger partial charge in [0.25, 0.3) is 0 Å². The maximum absolute atomic E-state index is 13.3. The predicted octanol–water partition coefficient (Wildman–Crippen LogP) is 7.35. The third kappa shape index (κ3) is 2.65. The summed E-state index contributed by atoms with van der Waals surface area (Å²) in [5.41, 5.74) is 4.02. The SMILES string of the molecule is CCC12CC[C@]3(C)C(CCC4C5(C)CCC(O)C(C)C5CCC43C)C1=C(C(C)C)C(=O)C2. The second-order valence-electron chi connectivity index (χ2n) is 13.8. The van der Waals surface area contributed by atoms with Crippen LogP contribution < -0.4 is 0 Å². The summed E-state index contributed by atoms with van der Waals surface area (Å²) >= 11 is 0. The predicted molar refractivity (Wildman–Crippen MR) is 131 cm³/mol. The number of carbonyl (C=O) groups is 1. The highest BCUT2D eigenvalue weighted by Gasteiger charge is 2.68. The van der Waals surface area contributed by atoms with Gasteiger partial charge in [-0.3, -0.25) is 4.79 Å². The highest BCUT2D eigenvalue weighted by Crippen LogP contribution is 2.76. The fraction of sp³-hybridized carbons (Fsp3) is 0.900. The van der Waals surface area contributed by atoms with Crippen molar-refractivity contribution in [3.05, 3.63) is 11.1 Å². The first-order valence-electron chi connectivity index (χ1n) is 13.9. The lowest BCUT2D eigenvalue weighted by molar-refractivity contribution is -0.211. The molecule has 1 N–H and O–H groups in total. The third-order valence-corrected chi connectivity index (χ3v) is 12.8. The molecule has 0 aromatic rings. The zero-order chi connectivity index (χ0) is 23.3. The van der Waals surface area contributed by atoms with E-state index in [1.165, 1.54) is 50.5 Å². The Kier molecular flexibility index (Phi) is 5.20. The van der Waals surface area contributed by atoms with Gasteiger partial charge in [-0.25, -0.2) is 0 Å². The van der Waals surface area contributed by atoms with Crippen molar-refractivity contribution in [2.75, 3.05) is 0 Å². The quantitative estimate of drug-likeness (QED) is 0.487. The standard InChI is InChI=1S/C30H48O2/c1-8-30-16-15-28(6)21(26(30)25(18(2)3)23(32)17-30)9-10-24-27(5)13-12-22(31)19(4)20(27)11-14-29(24,28)7/h18-22,24,31H,8-17H2,1-7H3/t19?,20?,21?,22?,24?,27?,28-,29?,30?/m1/s1. The second kappa shape index (κ2) is 7.19. The van der Waals surface area contributed by atoms with Crippen LogP contribution in [0.2, 0.25) is 0 Å². The Morgan fingerprint density at radius 3 is 2.34 bits per heavy atom. The largest absolute Gasteiger partial charge is 0.393 e. The lowest BCUT2D eigenvalue weighted by Crippen LogP contribution is -2.64. The van der Waals surface area contributed by atoms with E-state index in [1.54, 1.807) is 5.57 Å². The van der Waals surface area contributed by atoms with E-state index in [0.717, 1.165) is 25.2 Å². The third-order valence-electron chi connectivity index (χ3n) is 12.8. The van der Waals surface area contributed by atoms with Crippen LogP contribution in [-0.4, -0.2) is 17.0 Å². The van der Waals surface area contributed by atoms with Crippen molar-refractivity contribution in [1.82, 2.24) is 0 Å². The molecule has 8 unspecified atom stereocenters. The second-order valence-corrected chi connectivity index (χ2v) is 13.8. The molecule has 4 fully saturated rings. The Hall–Kier alpha value is -0.630. The van der Waals surface area contributed by atoms with E-state index in [4.69, 9.17) is 0 Å². The van der Waals surface area contributed by atoms with Crippen LogP contribution in [0.5, 0.6) is 0 Å². The first-order valence-corrected chi connectivity index (χ1v) is 13.9. The van der Waals surface area contributed by atoms with Crippen molar-refractivity contribution in [1.29, 1.82) is 0 Å². The van der Waals surface area contributed by atoms with Crippen LogP contribution in [0.25, 0.3) is 0 Å². The number of Topliss-reactive ketones (excluding diaryl/α,β-unsaturated/α-hetero) is 1. The molecule has 32 heavy (non-hydrogen) atoms. The molecule has 5 rings (SSSR count). The molecule has 9 atom stereocenters. The van der Waals surface area contributed by atoms with Crippen LogP contribution in [0.3, 0.4) is 0 Å². The number of fused-ring (bicyclic) bond motifs is 7. The lowest BCUT2D eigenvalue weighted by Gasteiger charge is -2.71. The van der Waals surface area contributed by atoms with Crippen molar-refractivity contribution in [3.8, 4) is 0 Å². The molecular weight excluding hydrogens is 392 g/mol. The normalized spacial score (nSPS) is 53.0. The van der Waals surface area contributed by atoms with Gasteiger partial charge in [0, 0.05) is 6.42 Å². The van der Waals surface area contributed by atoms with Gasteiger partial charge in [0.15, 0.2) is 5.78 Å². The van der Waals surface area contributed by atoms with Crippen molar-refractivity contribution in [3.63, 3.8) is 0 Å². The van der Waals surface area contributed by atoms with E-state index in [2.05, 4.69) is 48.5 Å². The molecule has 0 bridgehead atoms. The van der Waals surface area contributed by atoms with Gasteiger partial charge in [0.1, 0.15) is 0 Å². The van der Waals surface area contributed by atoms with Crippen LogP contribution in [0.4, 0.5) is 0 Å². The molecule has 2 heteroatoms. The summed E-state index contributed by atoms with van der Waals surface area (Å²) in [7, 11) is 0. The van der Waals surface area contributed by atoms with Crippen LogP contribution >= 0.6 is 0 Å². The van der Waals surface area contributed by atoms with Crippen molar-refractivity contribution in [2.45, 2.75) is 119 Å². The molecule has 4 saturated carbocycles. The van der Waals surface area contributed by atoms with Crippen molar-refractivity contribution < 1.29 is 9.90 Å². The Morgan fingerprint density at radius 2 is 1.69 bits per heavy atom. The number of carbonyl (C=O) groups excluding carboxylic acids is 1. The molecule has 5 aliphatic rings. The van der Waals surface area contributed by atoms with E-state index in [9.17, 15) is 9.90 Å². The van der Waals surface area contributed by atoms with Crippen LogP contribution in [-0.2, 0) is 4.79 Å². The average Bonchev–Trinajstić information content (AvgIpc) is 3.04. The van der Waals surface area contributed by atoms with E-state index in [0.29, 0.717) is 45.7 Å². The zero-order valence-corrected chi connectivity index (χ0v) is 21.9. The number of rotatable bonds is 2. The fourth-order valence-corrected chi connectivity index (χ4v) is 10.8. The van der Waals surface area contributed by atoms with Gasteiger partial charge in [-0.15, -0.1) is 0 Å². The summed E-state index contributed by atoms with van der Waals surface area (Å²) in [6.45, 7) is 17.1. The first kappa shape index (κ1) is 23.1. The molecule has 0 saturated heterocycles. The van der Waals surface area contributed by atoms with Gasteiger partial charge in [0.05, 0.1) is 6.10 Å². The average molecular weight is 441 g/mol. The van der Waals surface area contributed by atoms with Gasteiger partial charge < -0.3 is 5.11 Å². The van der Waals surface area contributed by atoms with E-state index < -0.39 is 0 Å². The number of allylic oxidation sites excluding steroid dienone is 2. The molecule has 2 nitrogen and oxygen atoms in total. The number of hydrogen-bond donors (Lipinski definition) is 1. The molecule has 0 aromatic carbocycles. The van der Waals surface area contributed by atoms with Gasteiger partial charge in [-0.2, -0.15) is 0 Å². The number of aliphatic hydroxyl groups excluding tert-OH is 1. The fourth-order valence-electron chi connectivity index (χ4n) is 10.8. The number of hydrogen-bond acceptors (Lipinski definition) is 2. The Balaban J connectivity index is 1.60. The Bertz CT molecular complexity index is 840. The molecule has 0 aliphatic heterocycles. The minimum absolute atomic E-state index is 0.104. The topological polar surface area (TPSA) is 37.3 Å². The van der Waals surface area contributed by atoms with Crippen LogP contribution in [0, 0.1) is 51.2 Å². The van der Waals surface area contributed by atoms with E-state index in [1.807, 2.05) is 0 Å². The molecule has 0 heterocycles. The van der Waals surface area contributed by atoms with Crippen LogP contribution in [0.1, 0.15) is 113 Å². The molecule has 0 spiro atoms. The summed E-state index contributed by atoms with van der Waals surface area (Å²) in [5.74, 6) is 3.27. The minimum atomic E-state index is -0.104. The summed E-state index contributed by atoms with van der Waals surface area (Å²) in [5, 5.41) is 10.7. The molecule has 0 aromatic heterocycles. The zero-order valence-electron chi connectivity index (χ0n) is 21.9. The van der Waals surface area contributed by atoms with Gasteiger partial charge in [-0.05, 0) is 115 Å². The monoisotopic (exact) mass is 440 g/mol. The molecule has 5 aliphatic carbocycles. The maximum atomic E-state index is 13.3. The Labute approximate surface area is 197 Å². The van der Waals surface area contributed by atoms with Gasteiger partial charge >= 0.3 is 0 Å². The first-order chi connectivity index (χ1) is 14.9. The van der Waals surface area contributed by atoms with Crippen molar-refractivity contribution >= 4 is 5.78 Å². The molecule has 0 amide bonds. The number of aliphatic hydroxyl groups is 1. The summed E-state index contributed by atoms with van der Waals surface area (Å²) in [6, 6.07) is 0. The van der Waals surface area contributed by atoms with Crippen molar-refractivity contribution in [2.24, 2.45) is 51.2 Å². The molecule has 180 valence electrons. The van der Waals surface area contributed by atoms with E-state index in [-0.39, 0.29) is 11.5 Å². The summed E-state index contributed by atoms with van der Waals surface area (Å²) in [4.78, 5) is 13.3. The highest BCUT2D eigenvalue weighted by atomic mass is 16.3. The van der Waals surface area contributed by atoms with Gasteiger partial charge in [0.2, 0.25) is 0 Å². The lowest BCUT2D eigenvalue weighted by atomic mass is 9.34.